The third-order valence-electron chi connectivity index (χ3n) is 3.15. The molecule has 98 valence electrons. The van der Waals surface area contributed by atoms with Gasteiger partial charge in [0.25, 0.3) is 0 Å². The Morgan fingerprint density at radius 2 is 2.05 bits per heavy atom. The van der Waals surface area contributed by atoms with Crippen molar-refractivity contribution in [1.82, 2.24) is 4.90 Å². The summed E-state index contributed by atoms with van der Waals surface area (Å²) in [4.78, 5) is 24.9. The van der Waals surface area contributed by atoms with Crippen LogP contribution in [0.15, 0.2) is 18.2 Å². The summed E-state index contributed by atoms with van der Waals surface area (Å²) in [6.07, 6.45) is 0.159. The van der Waals surface area contributed by atoms with Crippen molar-refractivity contribution in [1.29, 1.82) is 5.26 Å². The maximum Gasteiger partial charge on any atom is 0.235 e. The second kappa shape index (κ2) is 4.47. The average molecular weight is 260 g/mol. The molecule has 1 aliphatic rings. The largest absolute Gasteiger partial charge is 0.278 e. The van der Waals surface area contributed by atoms with Gasteiger partial charge in [-0.2, -0.15) is 5.26 Å². The highest BCUT2D eigenvalue weighted by atomic mass is 19.1. The molecule has 0 bridgehead atoms. The fourth-order valence-corrected chi connectivity index (χ4v) is 2.18. The van der Waals surface area contributed by atoms with Gasteiger partial charge < -0.3 is 0 Å². The molecule has 0 radical (unpaired) electrons. The molecule has 1 fully saturated rings. The quantitative estimate of drug-likeness (QED) is 0.764. The third-order valence-corrected chi connectivity index (χ3v) is 3.15. The monoisotopic (exact) mass is 260 g/mol. The number of halogens is 1. The number of likely N-dealkylation sites (tertiary alicyclic amines) is 1. The number of hydrogen-bond donors (Lipinski definition) is 0. The third kappa shape index (κ3) is 2.48. The Morgan fingerprint density at radius 3 is 2.58 bits per heavy atom. The normalized spacial score (nSPS) is 17.7. The van der Waals surface area contributed by atoms with Crippen LogP contribution in [0.4, 0.5) is 4.39 Å². The second-order valence-corrected chi connectivity index (χ2v) is 5.31. The molecule has 1 aromatic rings. The predicted molar refractivity (Wildman–Crippen MR) is 65.1 cm³/mol. The van der Waals surface area contributed by atoms with E-state index in [1.807, 2.05) is 6.07 Å². The van der Waals surface area contributed by atoms with Gasteiger partial charge in [-0.15, -0.1) is 0 Å². The molecule has 0 N–H and O–H groups in total. The van der Waals surface area contributed by atoms with Gasteiger partial charge in [0.15, 0.2) is 0 Å². The minimum absolute atomic E-state index is 0.00748. The summed E-state index contributed by atoms with van der Waals surface area (Å²) in [5.41, 5.74) is -0.0908. The fourth-order valence-electron chi connectivity index (χ4n) is 2.18. The predicted octanol–water partition coefficient (Wildman–Crippen LogP) is 1.98. The van der Waals surface area contributed by atoms with E-state index in [1.54, 1.807) is 13.8 Å². The fraction of sp³-hybridized carbons (Fsp3) is 0.357. The van der Waals surface area contributed by atoms with Crippen molar-refractivity contribution in [2.24, 2.45) is 5.41 Å². The van der Waals surface area contributed by atoms with E-state index < -0.39 is 11.2 Å². The van der Waals surface area contributed by atoms with Crippen molar-refractivity contribution in [2.75, 3.05) is 0 Å². The van der Waals surface area contributed by atoms with E-state index in [1.165, 1.54) is 12.1 Å². The Balaban J connectivity index is 2.28. The van der Waals surface area contributed by atoms with Gasteiger partial charge in [-0.3, -0.25) is 14.5 Å². The summed E-state index contributed by atoms with van der Waals surface area (Å²) in [7, 11) is 0. The molecule has 5 heteroatoms. The van der Waals surface area contributed by atoms with Crippen LogP contribution < -0.4 is 0 Å². The molecule has 2 amide bonds. The van der Waals surface area contributed by atoms with Crippen molar-refractivity contribution >= 4 is 11.8 Å². The van der Waals surface area contributed by atoms with Gasteiger partial charge in [0.05, 0.1) is 23.6 Å². The average Bonchev–Trinajstić information content (AvgIpc) is 2.51. The summed E-state index contributed by atoms with van der Waals surface area (Å²) in [6, 6.07) is 5.67. The number of nitriles is 1. The molecular formula is C14H13FN2O2. The molecule has 4 nitrogen and oxygen atoms in total. The van der Waals surface area contributed by atoms with Crippen LogP contribution in [0.2, 0.25) is 0 Å². The van der Waals surface area contributed by atoms with Crippen LogP contribution in [0.5, 0.6) is 0 Å². The number of amides is 2. The Kier molecular flexibility index (Phi) is 3.11. The van der Waals surface area contributed by atoms with E-state index in [4.69, 9.17) is 5.26 Å². The number of imide groups is 1. The Hall–Kier alpha value is -2.22. The highest BCUT2D eigenvalue weighted by Crippen LogP contribution is 2.32. The lowest BCUT2D eigenvalue weighted by atomic mass is 9.92. The summed E-state index contributed by atoms with van der Waals surface area (Å²) in [5, 5.41) is 8.77. The van der Waals surface area contributed by atoms with Gasteiger partial charge in [0.2, 0.25) is 11.8 Å². The summed E-state index contributed by atoms with van der Waals surface area (Å²) < 4.78 is 13.3. The van der Waals surface area contributed by atoms with E-state index >= 15 is 0 Å². The van der Waals surface area contributed by atoms with Crippen molar-refractivity contribution in [2.45, 2.75) is 26.8 Å². The summed E-state index contributed by atoms with van der Waals surface area (Å²) in [5.74, 6) is -1.08. The number of hydrogen-bond acceptors (Lipinski definition) is 3. The molecular weight excluding hydrogens is 247 g/mol. The minimum atomic E-state index is -0.706. The molecule has 1 saturated heterocycles. The van der Waals surface area contributed by atoms with Crippen LogP contribution in [-0.4, -0.2) is 16.7 Å². The zero-order chi connectivity index (χ0) is 14.2. The van der Waals surface area contributed by atoms with Gasteiger partial charge in [-0.25, -0.2) is 4.39 Å². The molecule has 0 atom stereocenters. The lowest BCUT2D eigenvalue weighted by Crippen LogP contribution is -2.32. The summed E-state index contributed by atoms with van der Waals surface area (Å²) in [6.45, 7) is 3.42. The number of carbonyl (C=O) groups excluding carboxylic acids is 2. The van der Waals surface area contributed by atoms with Gasteiger partial charge in [0, 0.05) is 6.42 Å². The first-order chi connectivity index (χ1) is 8.83. The van der Waals surface area contributed by atoms with Crippen LogP contribution in [0, 0.1) is 22.6 Å². The zero-order valence-corrected chi connectivity index (χ0v) is 10.7. The Morgan fingerprint density at radius 1 is 1.37 bits per heavy atom. The van der Waals surface area contributed by atoms with Crippen LogP contribution in [0.1, 0.15) is 31.4 Å². The standard InChI is InChI=1S/C14H13FN2O2/c1-14(2)6-12(18)17(13(14)19)8-10-3-9(7-16)4-11(15)5-10/h3-5H,6,8H2,1-2H3. The molecule has 0 aromatic heterocycles. The molecule has 0 spiro atoms. The highest BCUT2D eigenvalue weighted by Gasteiger charge is 2.44. The number of carbonyl (C=O) groups is 2. The topological polar surface area (TPSA) is 61.2 Å². The first-order valence-electron chi connectivity index (χ1n) is 5.88. The SMILES string of the molecule is CC1(C)CC(=O)N(Cc2cc(F)cc(C#N)c2)C1=O. The van der Waals surface area contributed by atoms with Crippen molar-refractivity contribution in [3.05, 3.63) is 35.1 Å². The van der Waals surface area contributed by atoms with E-state index in [0.29, 0.717) is 5.56 Å². The van der Waals surface area contributed by atoms with E-state index in [2.05, 4.69) is 0 Å². The molecule has 2 rings (SSSR count). The van der Waals surface area contributed by atoms with E-state index in [-0.39, 0.29) is 30.3 Å². The van der Waals surface area contributed by atoms with Crippen LogP contribution in [-0.2, 0) is 16.1 Å². The molecule has 1 heterocycles. The van der Waals surface area contributed by atoms with Crippen molar-refractivity contribution in [3.8, 4) is 6.07 Å². The lowest BCUT2D eigenvalue weighted by molar-refractivity contribution is -0.141. The number of nitrogens with zero attached hydrogens (tertiary/aromatic N) is 2. The number of benzene rings is 1. The molecule has 0 aliphatic carbocycles. The molecule has 1 aromatic carbocycles. The van der Waals surface area contributed by atoms with Crippen LogP contribution in [0.25, 0.3) is 0 Å². The molecule has 0 saturated carbocycles. The first-order valence-corrected chi connectivity index (χ1v) is 5.88. The Bertz CT molecular complexity index is 602. The van der Waals surface area contributed by atoms with Crippen LogP contribution in [0.3, 0.4) is 0 Å². The highest BCUT2D eigenvalue weighted by molar-refractivity contribution is 6.05. The first kappa shape index (κ1) is 13.2. The minimum Gasteiger partial charge on any atom is -0.278 e. The lowest BCUT2D eigenvalue weighted by Gasteiger charge is -2.17. The van der Waals surface area contributed by atoms with Gasteiger partial charge in [0.1, 0.15) is 5.82 Å². The van der Waals surface area contributed by atoms with Gasteiger partial charge >= 0.3 is 0 Å². The van der Waals surface area contributed by atoms with E-state index in [9.17, 15) is 14.0 Å². The van der Waals surface area contributed by atoms with E-state index in [0.717, 1.165) is 11.0 Å². The van der Waals surface area contributed by atoms with Gasteiger partial charge in [-0.05, 0) is 23.8 Å². The molecule has 0 unspecified atom stereocenters. The number of rotatable bonds is 2. The van der Waals surface area contributed by atoms with Crippen LogP contribution >= 0.6 is 0 Å². The summed E-state index contributed by atoms with van der Waals surface area (Å²) >= 11 is 0. The molecule has 1 aliphatic heterocycles. The molecule has 19 heavy (non-hydrogen) atoms. The maximum absolute atomic E-state index is 13.3. The Labute approximate surface area is 110 Å². The zero-order valence-electron chi connectivity index (χ0n) is 10.7. The second-order valence-electron chi connectivity index (χ2n) is 5.31. The van der Waals surface area contributed by atoms with Crippen molar-refractivity contribution < 1.29 is 14.0 Å². The smallest absolute Gasteiger partial charge is 0.235 e. The van der Waals surface area contributed by atoms with Crippen molar-refractivity contribution in [3.63, 3.8) is 0 Å². The van der Waals surface area contributed by atoms with Gasteiger partial charge in [-0.1, -0.05) is 13.8 Å². The maximum atomic E-state index is 13.3.